The number of rotatable bonds is 8. The van der Waals surface area contributed by atoms with Gasteiger partial charge in [-0.05, 0) is 49.7 Å². The molecular weight excluding hydrogens is 528 g/mol. The van der Waals surface area contributed by atoms with Crippen molar-refractivity contribution in [3.63, 3.8) is 0 Å². The molecule has 1 atom stereocenters. The quantitative estimate of drug-likeness (QED) is 0.208. The highest BCUT2D eigenvalue weighted by molar-refractivity contribution is 7.17. The number of carbonyl (C=O) groups excluding carboxylic acids is 3. The molecule has 0 spiro atoms. The Morgan fingerprint density at radius 2 is 1.75 bits per heavy atom. The molecule has 2 heterocycles. The molecule has 1 aromatic heterocycles. The maximum Gasteiger partial charge on any atom is 0.338 e. The Bertz CT molecular complexity index is 1630. The molecule has 9 heteroatoms. The lowest BCUT2D eigenvalue weighted by Gasteiger charge is -2.27. The Labute approximate surface area is 235 Å². The van der Waals surface area contributed by atoms with Crippen molar-refractivity contribution in [3.8, 4) is 16.3 Å². The predicted octanol–water partition coefficient (Wildman–Crippen LogP) is 6.09. The highest BCUT2D eigenvalue weighted by Gasteiger charge is 2.45. The average molecular weight is 555 g/mol. The van der Waals surface area contributed by atoms with Gasteiger partial charge in [-0.25, -0.2) is 9.78 Å². The van der Waals surface area contributed by atoms with Crippen molar-refractivity contribution in [3.05, 3.63) is 112 Å². The van der Waals surface area contributed by atoms with Crippen molar-refractivity contribution in [1.29, 1.82) is 0 Å². The lowest BCUT2D eigenvalue weighted by atomic mass is 9.94. The summed E-state index contributed by atoms with van der Waals surface area (Å²) in [5.74, 6) is -1.85. The van der Waals surface area contributed by atoms with Crippen molar-refractivity contribution in [2.45, 2.75) is 19.9 Å². The molecule has 3 aromatic carbocycles. The van der Waals surface area contributed by atoms with Crippen LogP contribution in [0.4, 0.5) is 5.69 Å². The number of aryl methyl sites for hydroxylation is 1. The zero-order chi connectivity index (χ0) is 28.4. The van der Waals surface area contributed by atoms with Gasteiger partial charge in [0.15, 0.2) is 5.76 Å². The van der Waals surface area contributed by atoms with Crippen LogP contribution in [0.2, 0.25) is 0 Å². The fourth-order valence-corrected chi connectivity index (χ4v) is 5.66. The lowest BCUT2D eigenvalue weighted by Crippen LogP contribution is -2.31. The van der Waals surface area contributed by atoms with E-state index in [-0.39, 0.29) is 17.7 Å². The topological polar surface area (TPSA) is 106 Å². The molecule has 1 unspecified atom stereocenters. The maximum atomic E-state index is 14.1. The predicted molar refractivity (Wildman–Crippen MR) is 152 cm³/mol. The Morgan fingerprint density at radius 3 is 2.42 bits per heavy atom. The van der Waals surface area contributed by atoms with Gasteiger partial charge >= 0.3 is 5.97 Å². The molecule has 1 N–H and O–H groups in total. The number of anilines is 1. The molecule has 5 rings (SSSR count). The number of hydrogen-bond acceptors (Lipinski definition) is 8. The van der Waals surface area contributed by atoms with Crippen LogP contribution in [0.3, 0.4) is 0 Å². The third kappa shape index (κ3) is 4.87. The van der Waals surface area contributed by atoms with Crippen molar-refractivity contribution in [1.82, 2.24) is 4.98 Å². The van der Waals surface area contributed by atoms with Crippen molar-refractivity contribution in [2.75, 3.05) is 18.6 Å². The van der Waals surface area contributed by atoms with Gasteiger partial charge < -0.3 is 14.6 Å². The highest BCUT2D eigenvalue weighted by Crippen LogP contribution is 2.43. The third-order valence-electron chi connectivity index (χ3n) is 6.54. The molecule has 0 saturated heterocycles. The number of thiazole rings is 1. The normalized spacial score (nSPS) is 14.9. The standard InChI is InChI=1S/C31H26N2O6S/c1-4-39-31(37)21-11-8-12-22(17-21)33-25(19-13-15-23(38-3)16-14-19)24(27(35)30(33)36)26(34)28-18(2)32-29(40-28)20-9-6-5-7-10-20/h5-17,25,35H,4H2,1-3H3. The van der Waals surface area contributed by atoms with E-state index in [1.807, 2.05) is 30.3 Å². The van der Waals surface area contributed by atoms with E-state index in [9.17, 15) is 19.5 Å². The summed E-state index contributed by atoms with van der Waals surface area (Å²) < 4.78 is 10.4. The van der Waals surface area contributed by atoms with Gasteiger partial charge in [-0.15, -0.1) is 11.3 Å². The number of aromatic nitrogens is 1. The van der Waals surface area contributed by atoms with Crippen LogP contribution in [0.1, 0.15) is 44.3 Å². The maximum absolute atomic E-state index is 14.1. The third-order valence-corrected chi connectivity index (χ3v) is 7.75. The second kappa shape index (κ2) is 11.2. The zero-order valence-corrected chi connectivity index (χ0v) is 22.9. The van der Waals surface area contributed by atoms with E-state index in [1.54, 1.807) is 63.4 Å². The number of nitrogens with zero attached hydrogens (tertiary/aromatic N) is 2. The first-order valence-corrected chi connectivity index (χ1v) is 13.4. The van der Waals surface area contributed by atoms with Crippen LogP contribution in [0, 0.1) is 6.92 Å². The fraction of sp³-hybridized carbons (Fsp3) is 0.161. The van der Waals surface area contributed by atoms with Gasteiger partial charge in [0.1, 0.15) is 10.8 Å². The van der Waals surface area contributed by atoms with E-state index < -0.39 is 29.5 Å². The fourth-order valence-electron chi connectivity index (χ4n) is 4.64. The first kappa shape index (κ1) is 26.8. The number of Topliss-reactive ketones (excluding diaryl/α,β-unsaturated/α-hetero) is 1. The van der Waals surface area contributed by atoms with E-state index >= 15 is 0 Å². The average Bonchev–Trinajstić information content (AvgIpc) is 3.50. The number of ketones is 1. The van der Waals surface area contributed by atoms with Gasteiger partial charge in [0.05, 0.1) is 41.5 Å². The summed E-state index contributed by atoms with van der Waals surface area (Å²) in [6.07, 6.45) is 0. The van der Waals surface area contributed by atoms with E-state index in [1.165, 1.54) is 22.3 Å². The molecule has 4 aromatic rings. The second-order valence-corrected chi connectivity index (χ2v) is 10.0. The number of aliphatic hydroxyl groups is 1. The minimum atomic E-state index is -0.968. The Morgan fingerprint density at radius 1 is 1.02 bits per heavy atom. The van der Waals surface area contributed by atoms with E-state index in [4.69, 9.17) is 9.47 Å². The van der Waals surface area contributed by atoms with Gasteiger partial charge in [-0.2, -0.15) is 0 Å². The van der Waals surface area contributed by atoms with Crippen LogP contribution < -0.4 is 9.64 Å². The molecule has 40 heavy (non-hydrogen) atoms. The summed E-state index contributed by atoms with van der Waals surface area (Å²) in [6.45, 7) is 3.63. The summed E-state index contributed by atoms with van der Waals surface area (Å²) in [5.41, 5.74) is 2.44. The summed E-state index contributed by atoms with van der Waals surface area (Å²) in [7, 11) is 1.54. The zero-order valence-electron chi connectivity index (χ0n) is 22.1. The van der Waals surface area contributed by atoms with E-state index in [2.05, 4.69) is 4.98 Å². The number of hydrogen-bond donors (Lipinski definition) is 1. The minimum absolute atomic E-state index is 0.0666. The number of methoxy groups -OCH3 is 1. The lowest BCUT2D eigenvalue weighted by molar-refractivity contribution is -0.117. The number of esters is 1. The SMILES string of the molecule is CCOC(=O)c1cccc(N2C(=O)C(O)=C(C(=O)c3sc(-c4ccccc4)nc3C)C2c2ccc(OC)cc2)c1. The Balaban J connectivity index is 1.62. The molecule has 1 aliphatic rings. The molecule has 1 amide bonds. The molecule has 0 bridgehead atoms. The largest absolute Gasteiger partial charge is 0.503 e. The van der Waals surface area contributed by atoms with E-state index in [0.29, 0.717) is 32.6 Å². The van der Waals surface area contributed by atoms with Gasteiger partial charge in [0, 0.05) is 11.3 Å². The van der Waals surface area contributed by atoms with Crippen LogP contribution >= 0.6 is 11.3 Å². The first-order valence-electron chi connectivity index (χ1n) is 12.6. The molecule has 0 fully saturated rings. The summed E-state index contributed by atoms with van der Waals surface area (Å²) in [5, 5.41) is 11.8. The van der Waals surface area contributed by atoms with Gasteiger partial charge in [-0.3, -0.25) is 14.5 Å². The van der Waals surface area contributed by atoms with Crippen molar-refractivity contribution in [2.24, 2.45) is 0 Å². The number of amides is 1. The van der Waals surface area contributed by atoms with Gasteiger partial charge in [-0.1, -0.05) is 48.5 Å². The van der Waals surface area contributed by atoms with Crippen molar-refractivity contribution >= 4 is 34.7 Å². The number of ether oxygens (including phenoxy) is 2. The van der Waals surface area contributed by atoms with E-state index in [0.717, 1.165) is 5.56 Å². The Hall–Kier alpha value is -4.76. The molecule has 0 saturated carbocycles. The second-order valence-electron chi connectivity index (χ2n) is 9.01. The molecule has 202 valence electrons. The summed E-state index contributed by atoms with van der Waals surface area (Å²) in [4.78, 5) is 46.4. The molecule has 1 aliphatic heterocycles. The molecule has 0 radical (unpaired) electrons. The van der Waals surface area contributed by atoms with Crippen LogP contribution in [0.5, 0.6) is 5.75 Å². The van der Waals surface area contributed by atoms with Crippen LogP contribution in [0.25, 0.3) is 10.6 Å². The monoisotopic (exact) mass is 554 g/mol. The smallest absolute Gasteiger partial charge is 0.338 e. The molecule has 0 aliphatic carbocycles. The van der Waals surface area contributed by atoms with Crippen molar-refractivity contribution < 1.29 is 29.0 Å². The summed E-state index contributed by atoms with van der Waals surface area (Å²) >= 11 is 1.21. The highest BCUT2D eigenvalue weighted by atomic mass is 32.1. The minimum Gasteiger partial charge on any atom is -0.503 e. The Kier molecular flexibility index (Phi) is 7.48. The molecular formula is C31H26N2O6S. The number of aliphatic hydroxyl groups excluding tert-OH is 1. The van der Waals surface area contributed by atoms with Crippen LogP contribution in [-0.2, 0) is 9.53 Å². The van der Waals surface area contributed by atoms with Crippen LogP contribution in [-0.4, -0.2) is 41.5 Å². The van der Waals surface area contributed by atoms with Gasteiger partial charge in [0.25, 0.3) is 5.91 Å². The molecule has 8 nitrogen and oxygen atoms in total. The van der Waals surface area contributed by atoms with Gasteiger partial charge in [0.2, 0.25) is 5.78 Å². The van der Waals surface area contributed by atoms with Crippen LogP contribution in [0.15, 0.2) is 90.2 Å². The summed E-state index contributed by atoms with van der Waals surface area (Å²) in [6, 6.07) is 21.8. The number of benzene rings is 3. The number of carbonyl (C=O) groups is 3. The first-order chi connectivity index (χ1) is 19.3.